The molecule has 0 aliphatic rings. The second kappa shape index (κ2) is 7.15. The minimum absolute atomic E-state index is 0.0402. The first-order chi connectivity index (χ1) is 13.3. The number of nitrogens with zero attached hydrogens (tertiary/aromatic N) is 3. The summed E-state index contributed by atoms with van der Waals surface area (Å²) in [4.78, 5) is 38.8. The van der Waals surface area contributed by atoms with E-state index in [0.29, 0.717) is 11.3 Å². The minimum Gasteiger partial charge on any atom is -0.507 e. The number of benzene rings is 2. The highest BCUT2D eigenvalue weighted by atomic mass is 16.6. The van der Waals surface area contributed by atoms with E-state index in [0.717, 1.165) is 18.2 Å². The topological polar surface area (TPSA) is 161 Å². The SMILES string of the molecule is COc1cccc(/C(O)=C/c2nc3cc([N+](=O)[O-])c([N+](=O)[O-])cc3[nH]c2=O)c1. The Morgan fingerprint density at radius 2 is 1.86 bits per heavy atom. The molecular formula is C17H12N4O7. The summed E-state index contributed by atoms with van der Waals surface area (Å²) in [7, 11) is 1.46. The Hall–Kier alpha value is -4.28. The number of nitro benzene ring substituents is 2. The normalized spacial score (nSPS) is 11.4. The number of hydrogen-bond donors (Lipinski definition) is 2. The van der Waals surface area contributed by atoms with Gasteiger partial charge in [0.15, 0.2) is 0 Å². The van der Waals surface area contributed by atoms with Crippen molar-refractivity contribution in [2.24, 2.45) is 0 Å². The molecule has 2 aromatic carbocycles. The minimum atomic E-state index is -0.918. The van der Waals surface area contributed by atoms with Crippen LogP contribution in [0.25, 0.3) is 22.9 Å². The number of H-pyrrole nitrogens is 1. The molecule has 11 heteroatoms. The fourth-order valence-electron chi connectivity index (χ4n) is 2.51. The molecule has 0 fully saturated rings. The highest BCUT2D eigenvalue weighted by Crippen LogP contribution is 2.30. The molecule has 0 saturated heterocycles. The van der Waals surface area contributed by atoms with Gasteiger partial charge in [-0.15, -0.1) is 0 Å². The van der Waals surface area contributed by atoms with Crippen LogP contribution in [0.3, 0.4) is 0 Å². The number of aromatic nitrogens is 2. The van der Waals surface area contributed by atoms with E-state index in [4.69, 9.17) is 4.74 Å². The predicted octanol–water partition coefficient (Wildman–Crippen LogP) is 2.80. The Morgan fingerprint density at radius 3 is 2.50 bits per heavy atom. The van der Waals surface area contributed by atoms with Crippen LogP contribution in [0.2, 0.25) is 0 Å². The number of ether oxygens (including phenoxy) is 1. The van der Waals surface area contributed by atoms with Crippen LogP contribution < -0.4 is 10.3 Å². The quantitative estimate of drug-likeness (QED) is 0.385. The Kier molecular flexibility index (Phi) is 4.73. The molecule has 2 N–H and O–H groups in total. The van der Waals surface area contributed by atoms with E-state index >= 15 is 0 Å². The van der Waals surface area contributed by atoms with E-state index in [-0.39, 0.29) is 22.5 Å². The molecule has 3 rings (SSSR count). The fourth-order valence-corrected chi connectivity index (χ4v) is 2.51. The van der Waals surface area contributed by atoms with Crippen molar-refractivity contribution in [2.75, 3.05) is 7.11 Å². The summed E-state index contributed by atoms with van der Waals surface area (Å²) in [5, 5.41) is 32.4. The zero-order chi connectivity index (χ0) is 20.4. The van der Waals surface area contributed by atoms with Gasteiger partial charge >= 0.3 is 11.4 Å². The van der Waals surface area contributed by atoms with Crippen molar-refractivity contribution in [3.63, 3.8) is 0 Å². The van der Waals surface area contributed by atoms with Crippen LogP contribution in [0.4, 0.5) is 11.4 Å². The molecule has 11 nitrogen and oxygen atoms in total. The average molecular weight is 384 g/mol. The third-order valence-electron chi connectivity index (χ3n) is 3.85. The molecule has 3 aromatic rings. The van der Waals surface area contributed by atoms with Crippen molar-refractivity contribution in [3.8, 4) is 5.75 Å². The van der Waals surface area contributed by atoms with Crippen molar-refractivity contribution in [3.05, 3.63) is 78.2 Å². The summed E-state index contributed by atoms with van der Waals surface area (Å²) in [6.07, 6.45) is 1.08. The molecule has 1 heterocycles. The lowest BCUT2D eigenvalue weighted by molar-refractivity contribution is -0.422. The Balaban J connectivity index is 2.15. The number of nitrogens with one attached hydrogen (secondary N) is 1. The van der Waals surface area contributed by atoms with Crippen LogP contribution in [0.15, 0.2) is 41.2 Å². The zero-order valence-corrected chi connectivity index (χ0v) is 14.3. The largest absolute Gasteiger partial charge is 0.507 e. The molecule has 0 radical (unpaired) electrons. The molecule has 0 aliphatic carbocycles. The average Bonchev–Trinajstić information content (AvgIpc) is 2.67. The molecule has 142 valence electrons. The van der Waals surface area contributed by atoms with Crippen LogP contribution in [-0.4, -0.2) is 32.0 Å². The van der Waals surface area contributed by atoms with Gasteiger partial charge in [-0.3, -0.25) is 25.0 Å². The van der Waals surface area contributed by atoms with Gasteiger partial charge in [-0.05, 0) is 12.1 Å². The van der Waals surface area contributed by atoms with Gasteiger partial charge in [-0.1, -0.05) is 12.1 Å². The van der Waals surface area contributed by atoms with Crippen LogP contribution in [0.5, 0.6) is 5.75 Å². The summed E-state index contributed by atoms with van der Waals surface area (Å²) < 4.78 is 5.06. The standard InChI is InChI=1S/C17H12N4O7/c1-28-10-4-2-3-9(5-10)16(22)8-13-17(23)19-12-7-15(21(26)27)14(20(24)25)6-11(12)18-13/h2-8,22H,1H3,(H,19,23)/b16-8-. The molecule has 0 amide bonds. The second-order valence-corrected chi connectivity index (χ2v) is 5.58. The smallest absolute Gasteiger partial charge is 0.348 e. The number of fused-ring (bicyclic) bond motifs is 1. The highest BCUT2D eigenvalue weighted by Gasteiger charge is 2.25. The third kappa shape index (κ3) is 3.49. The van der Waals surface area contributed by atoms with E-state index in [9.17, 15) is 30.1 Å². The van der Waals surface area contributed by atoms with Gasteiger partial charge < -0.3 is 14.8 Å². The first kappa shape index (κ1) is 18.5. The van der Waals surface area contributed by atoms with Crippen molar-refractivity contribution >= 4 is 34.2 Å². The van der Waals surface area contributed by atoms with Crippen molar-refractivity contribution < 1.29 is 19.7 Å². The van der Waals surface area contributed by atoms with Gasteiger partial charge in [-0.2, -0.15) is 0 Å². The number of nitro groups is 2. The first-order valence-electron chi connectivity index (χ1n) is 7.72. The van der Waals surface area contributed by atoms with E-state index in [1.54, 1.807) is 18.2 Å². The van der Waals surface area contributed by atoms with Gasteiger partial charge in [0.25, 0.3) is 5.56 Å². The van der Waals surface area contributed by atoms with Crippen LogP contribution in [-0.2, 0) is 0 Å². The van der Waals surface area contributed by atoms with Crippen LogP contribution in [0, 0.1) is 20.2 Å². The number of hydrogen-bond acceptors (Lipinski definition) is 8. The Morgan fingerprint density at radius 1 is 1.18 bits per heavy atom. The number of methoxy groups -OCH3 is 1. The third-order valence-corrected chi connectivity index (χ3v) is 3.85. The second-order valence-electron chi connectivity index (χ2n) is 5.58. The summed E-state index contributed by atoms with van der Waals surface area (Å²) in [5.41, 5.74) is -2.21. The highest BCUT2D eigenvalue weighted by molar-refractivity contribution is 5.84. The Labute approximate surface area is 155 Å². The molecule has 0 aliphatic heterocycles. The van der Waals surface area contributed by atoms with Gasteiger partial charge in [-0.25, -0.2) is 4.98 Å². The lowest BCUT2D eigenvalue weighted by atomic mass is 10.1. The van der Waals surface area contributed by atoms with Crippen molar-refractivity contribution in [2.45, 2.75) is 0 Å². The van der Waals surface area contributed by atoms with Gasteiger partial charge in [0.2, 0.25) is 0 Å². The zero-order valence-electron chi connectivity index (χ0n) is 14.3. The maximum Gasteiger partial charge on any atom is 0.348 e. The van der Waals surface area contributed by atoms with E-state index in [2.05, 4.69) is 9.97 Å². The molecule has 0 spiro atoms. The first-order valence-corrected chi connectivity index (χ1v) is 7.72. The molecule has 1 aromatic heterocycles. The van der Waals surface area contributed by atoms with Crippen molar-refractivity contribution in [1.29, 1.82) is 0 Å². The summed E-state index contributed by atoms with van der Waals surface area (Å²) >= 11 is 0. The molecule has 0 unspecified atom stereocenters. The maximum absolute atomic E-state index is 12.2. The monoisotopic (exact) mass is 384 g/mol. The fraction of sp³-hybridized carbons (Fsp3) is 0.0588. The lowest BCUT2D eigenvalue weighted by Gasteiger charge is -2.04. The summed E-state index contributed by atoms with van der Waals surface area (Å²) in [6.45, 7) is 0. The van der Waals surface area contributed by atoms with E-state index < -0.39 is 26.8 Å². The lowest BCUT2D eigenvalue weighted by Crippen LogP contribution is -2.12. The van der Waals surface area contributed by atoms with Crippen LogP contribution >= 0.6 is 0 Å². The summed E-state index contributed by atoms with van der Waals surface area (Å²) in [6, 6.07) is 8.19. The molecule has 0 bridgehead atoms. The van der Waals surface area contributed by atoms with Gasteiger partial charge in [0.05, 0.1) is 34.1 Å². The summed E-state index contributed by atoms with van der Waals surface area (Å²) in [5.74, 6) is 0.202. The Bertz CT molecular complexity index is 1200. The maximum atomic E-state index is 12.2. The number of aliphatic hydroxyl groups is 1. The number of rotatable bonds is 5. The number of aliphatic hydroxyl groups excluding tert-OH is 1. The molecular weight excluding hydrogens is 372 g/mol. The van der Waals surface area contributed by atoms with Crippen LogP contribution in [0.1, 0.15) is 11.3 Å². The predicted molar refractivity (Wildman–Crippen MR) is 99.2 cm³/mol. The van der Waals surface area contributed by atoms with E-state index in [1.807, 2.05) is 0 Å². The molecule has 28 heavy (non-hydrogen) atoms. The molecule has 0 saturated carbocycles. The van der Waals surface area contributed by atoms with E-state index in [1.165, 1.54) is 13.2 Å². The van der Waals surface area contributed by atoms with Crippen molar-refractivity contribution in [1.82, 2.24) is 9.97 Å². The van der Waals surface area contributed by atoms with Gasteiger partial charge in [0, 0.05) is 17.7 Å². The number of aromatic amines is 1. The molecule has 0 atom stereocenters. The van der Waals surface area contributed by atoms with Gasteiger partial charge in [0.1, 0.15) is 17.2 Å².